The molecule has 0 saturated carbocycles. The van der Waals surface area contributed by atoms with Crippen LogP contribution in [0.15, 0.2) is 78.9 Å². The number of aromatic nitrogens is 1. The van der Waals surface area contributed by atoms with Crippen LogP contribution < -0.4 is 0 Å². The number of benzene rings is 3. The van der Waals surface area contributed by atoms with Gasteiger partial charge in [-0.2, -0.15) is 0 Å². The number of nitrogens with zero attached hydrogens (tertiary/aromatic N) is 1. The van der Waals surface area contributed by atoms with E-state index in [1.807, 2.05) is 48.5 Å². The Morgan fingerprint density at radius 2 is 1.38 bits per heavy atom. The van der Waals surface area contributed by atoms with E-state index < -0.39 is 0 Å². The highest BCUT2D eigenvalue weighted by Gasteiger charge is 2.14. The quantitative estimate of drug-likeness (QED) is 0.441. The van der Waals surface area contributed by atoms with Gasteiger partial charge in [0.2, 0.25) is 0 Å². The van der Waals surface area contributed by atoms with Crippen molar-refractivity contribution in [3.05, 3.63) is 90.2 Å². The molecule has 24 heavy (non-hydrogen) atoms. The zero-order valence-electron chi connectivity index (χ0n) is 13.3. The van der Waals surface area contributed by atoms with Crippen LogP contribution in [0.2, 0.25) is 0 Å². The fraction of sp³-hybridized carbons (Fsp3) is 0.0455. The highest BCUT2D eigenvalue weighted by Crippen LogP contribution is 2.36. The Bertz CT molecular complexity index is 1010. The summed E-state index contributed by atoms with van der Waals surface area (Å²) in [5.41, 5.74) is 6.22. The summed E-state index contributed by atoms with van der Waals surface area (Å²) in [7, 11) is 0. The van der Waals surface area contributed by atoms with Gasteiger partial charge in [-0.1, -0.05) is 60.7 Å². The van der Waals surface area contributed by atoms with E-state index in [9.17, 15) is 4.39 Å². The first kappa shape index (κ1) is 14.6. The van der Waals surface area contributed by atoms with Crippen molar-refractivity contribution in [2.75, 3.05) is 0 Å². The standard InChI is InChI=1S/C22H16FN/c1-15-21(16-11-13-18(23)14-12-16)19-9-5-6-10-20(19)24-22(15)17-7-3-2-4-8-17/h2-14H,1H3. The van der Waals surface area contributed by atoms with Crippen molar-refractivity contribution in [3.63, 3.8) is 0 Å². The monoisotopic (exact) mass is 313 g/mol. The van der Waals surface area contributed by atoms with E-state index in [0.717, 1.165) is 38.9 Å². The molecule has 0 bridgehead atoms. The van der Waals surface area contributed by atoms with Crippen molar-refractivity contribution in [2.24, 2.45) is 0 Å². The molecule has 1 nitrogen and oxygen atoms in total. The van der Waals surface area contributed by atoms with Crippen LogP contribution in [-0.4, -0.2) is 4.98 Å². The van der Waals surface area contributed by atoms with Gasteiger partial charge in [0.15, 0.2) is 0 Å². The molecule has 3 aromatic carbocycles. The normalized spacial score (nSPS) is 10.9. The summed E-state index contributed by atoms with van der Waals surface area (Å²) in [6, 6.07) is 24.9. The summed E-state index contributed by atoms with van der Waals surface area (Å²) in [4.78, 5) is 4.87. The van der Waals surface area contributed by atoms with Crippen LogP contribution in [0, 0.1) is 12.7 Å². The molecule has 0 aliphatic carbocycles. The van der Waals surface area contributed by atoms with Crippen LogP contribution in [0.4, 0.5) is 4.39 Å². The third-order valence-electron chi connectivity index (χ3n) is 4.32. The molecule has 4 aromatic rings. The SMILES string of the molecule is Cc1c(-c2ccccc2)nc2ccccc2c1-c1ccc(F)cc1. The molecule has 4 rings (SSSR count). The first-order valence-electron chi connectivity index (χ1n) is 7.95. The number of halogens is 1. The lowest BCUT2D eigenvalue weighted by Gasteiger charge is -2.15. The maximum absolute atomic E-state index is 13.3. The number of hydrogen-bond acceptors (Lipinski definition) is 1. The molecule has 1 aromatic heterocycles. The van der Waals surface area contributed by atoms with E-state index in [-0.39, 0.29) is 5.82 Å². The Hall–Kier alpha value is -3.00. The van der Waals surface area contributed by atoms with E-state index in [2.05, 4.69) is 25.1 Å². The fourth-order valence-corrected chi connectivity index (χ4v) is 3.17. The molecule has 0 saturated heterocycles. The molecule has 0 aliphatic heterocycles. The molecular formula is C22H16FN. The van der Waals surface area contributed by atoms with Crippen LogP contribution >= 0.6 is 0 Å². The molecule has 116 valence electrons. The molecule has 0 spiro atoms. The minimum Gasteiger partial charge on any atom is -0.247 e. The molecule has 0 fully saturated rings. The van der Waals surface area contributed by atoms with E-state index in [4.69, 9.17) is 4.98 Å². The van der Waals surface area contributed by atoms with Gasteiger partial charge < -0.3 is 0 Å². The summed E-state index contributed by atoms with van der Waals surface area (Å²) in [6.07, 6.45) is 0. The lowest BCUT2D eigenvalue weighted by atomic mass is 9.93. The molecule has 0 radical (unpaired) electrons. The molecule has 0 N–H and O–H groups in total. The van der Waals surface area contributed by atoms with Gasteiger partial charge in [0.25, 0.3) is 0 Å². The Morgan fingerprint density at radius 3 is 2.12 bits per heavy atom. The smallest absolute Gasteiger partial charge is 0.123 e. The van der Waals surface area contributed by atoms with Gasteiger partial charge in [0, 0.05) is 10.9 Å². The minimum absolute atomic E-state index is 0.224. The third-order valence-corrected chi connectivity index (χ3v) is 4.32. The zero-order valence-corrected chi connectivity index (χ0v) is 13.3. The van der Waals surface area contributed by atoms with Gasteiger partial charge in [-0.15, -0.1) is 0 Å². The van der Waals surface area contributed by atoms with Gasteiger partial charge in [0.05, 0.1) is 11.2 Å². The van der Waals surface area contributed by atoms with Crippen LogP contribution in [-0.2, 0) is 0 Å². The number of para-hydroxylation sites is 1. The lowest BCUT2D eigenvalue weighted by molar-refractivity contribution is 0.628. The number of hydrogen-bond donors (Lipinski definition) is 0. The van der Waals surface area contributed by atoms with E-state index in [0.29, 0.717) is 0 Å². The average Bonchev–Trinajstić information content (AvgIpc) is 2.63. The Morgan fingerprint density at radius 1 is 0.708 bits per heavy atom. The summed E-state index contributed by atoms with van der Waals surface area (Å²) >= 11 is 0. The van der Waals surface area contributed by atoms with Gasteiger partial charge in [-0.05, 0) is 41.8 Å². The van der Waals surface area contributed by atoms with Crippen LogP contribution in [0.3, 0.4) is 0 Å². The van der Waals surface area contributed by atoms with Gasteiger partial charge >= 0.3 is 0 Å². The molecule has 0 aliphatic rings. The fourth-order valence-electron chi connectivity index (χ4n) is 3.17. The van der Waals surface area contributed by atoms with Crippen molar-refractivity contribution in [1.82, 2.24) is 4.98 Å². The molecule has 0 atom stereocenters. The lowest BCUT2D eigenvalue weighted by Crippen LogP contribution is -1.95. The second kappa shape index (κ2) is 5.89. The van der Waals surface area contributed by atoms with Crippen molar-refractivity contribution in [3.8, 4) is 22.4 Å². The van der Waals surface area contributed by atoms with Crippen molar-refractivity contribution in [1.29, 1.82) is 0 Å². The largest absolute Gasteiger partial charge is 0.247 e. The first-order valence-corrected chi connectivity index (χ1v) is 7.95. The van der Waals surface area contributed by atoms with Crippen molar-refractivity contribution in [2.45, 2.75) is 6.92 Å². The number of pyridine rings is 1. The molecular weight excluding hydrogens is 297 g/mol. The zero-order chi connectivity index (χ0) is 16.5. The summed E-state index contributed by atoms with van der Waals surface area (Å²) in [5, 5.41) is 1.08. The maximum Gasteiger partial charge on any atom is 0.123 e. The van der Waals surface area contributed by atoms with Gasteiger partial charge in [-0.3, -0.25) is 0 Å². The maximum atomic E-state index is 13.3. The van der Waals surface area contributed by atoms with Crippen LogP contribution in [0.25, 0.3) is 33.3 Å². The van der Waals surface area contributed by atoms with E-state index >= 15 is 0 Å². The Kier molecular flexibility index (Phi) is 3.58. The van der Waals surface area contributed by atoms with Gasteiger partial charge in [-0.25, -0.2) is 9.37 Å². The highest BCUT2D eigenvalue weighted by molar-refractivity contribution is 5.99. The predicted molar refractivity (Wildman–Crippen MR) is 97.3 cm³/mol. The molecule has 2 heteroatoms. The van der Waals surface area contributed by atoms with Crippen LogP contribution in [0.5, 0.6) is 0 Å². The topological polar surface area (TPSA) is 12.9 Å². The number of fused-ring (bicyclic) bond motifs is 1. The summed E-state index contributed by atoms with van der Waals surface area (Å²) in [6.45, 7) is 2.08. The molecule has 0 unspecified atom stereocenters. The second-order valence-corrected chi connectivity index (χ2v) is 5.85. The number of rotatable bonds is 2. The summed E-state index contributed by atoms with van der Waals surface area (Å²) < 4.78 is 13.3. The van der Waals surface area contributed by atoms with Crippen molar-refractivity contribution < 1.29 is 4.39 Å². The average molecular weight is 313 g/mol. The summed E-state index contributed by atoms with van der Waals surface area (Å²) in [5.74, 6) is -0.224. The molecule has 1 heterocycles. The Labute approximate surface area is 140 Å². The van der Waals surface area contributed by atoms with Crippen LogP contribution in [0.1, 0.15) is 5.56 Å². The van der Waals surface area contributed by atoms with Gasteiger partial charge in [0.1, 0.15) is 5.82 Å². The van der Waals surface area contributed by atoms with Crippen molar-refractivity contribution >= 4 is 10.9 Å². The first-order chi connectivity index (χ1) is 11.7. The van der Waals surface area contributed by atoms with E-state index in [1.54, 1.807) is 0 Å². The third kappa shape index (κ3) is 2.46. The second-order valence-electron chi connectivity index (χ2n) is 5.85. The Balaban J connectivity index is 2.07. The minimum atomic E-state index is -0.224. The molecule has 0 amide bonds. The predicted octanol–water partition coefficient (Wildman–Crippen LogP) is 6.02. The van der Waals surface area contributed by atoms with E-state index in [1.165, 1.54) is 12.1 Å². The highest BCUT2D eigenvalue weighted by atomic mass is 19.1.